The standard InChI is InChI=1S/C15H12Cl2N2O2/c16-12-2-1-3-13(17)11(12)8-19-18-7-10-4-5-14-15(6-10)21-9-20-14/h1-7,19H,8-9H2/b18-7-. The summed E-state index contributed by atoms with van der Waals surface area (Å²) in [5.41, 5.74) is 4.66. The van der Waals surface area contributed by atoms with Gasteiger partial charge in [-0.2, -0.15) is 5.10 Å². The molecule has 21 heavy (non-hydrogen) atoms. The molecule has 1 N–H and O–H groups in total. The third kappa shape index (κ3) is 3.23. The van der Waals surface area contributed by atoms with Crippen LogP contribution >= 0.6 is 23.2 Å². The van der Waals surface area contributed by atoms with Crippen molar-refractivity contribution in [1.29, 1.82) is 0 Å². The third-order valence-electron chi connectivity index (χ3n) is 3.02. The predicted molar refractivity (Wildman–Crippen MR) is 83.5 cm³/mol. The van der Waals surface area contributed by atoms with E-state index in [0.717, 1.165) is 22.6 Å². The van der Waals surface area contributed by atoms with Gasteiger partial charge < -0.3 is 14.9 Å². The van der Waals surface area contributed by atoms with Crippen LogP contribution in [0, 0.1) is 0 Å². The Morgan fingerprint density at radius 3 is 2.67 bits per heavy atom. The van der Waals surface area contributed by atoms with E-state index in [9.17, 15) is 0 Å². The molecule has 0 bridgehead atoms. The molecular formula is C15H12Cl2N2O2. The minimum Gasteiger partial charge on any atom is -0.454 e. The summed E-state index contributed by atoms with van der Waals surface area (Å²) >= 11 is 12.2. The van der Waals surface area contributed by atoms with Gasteiger partial charge in [-0.1, -0.05) is 29.3 Å². The summed E-state index contributed by atoms with van der Waals surface area (Å²) < 4.78 is 10.6. The third-order valence-corrected chi connectivity index (χ3v) is 3.73. The Morgan fingerprint density at radius 1 is 1.10 bits per heavy atom. The highest BCUT2D eigenvalue weighted by molar-refractivity contribution is 6.35. The first-order chi connectivity index (χ1) is 10.2. The van der Waals surface area contributed by atoms with Crippen molar-refractivity contribution in [3.63, 3.8) is 0 Å². The Balaban J connectivity index is 1.63. The first-order valence-corrected chi connectivity index (χ1v) is 7.08. The zero-order chi connectivity index (χ0) is 14.7. The van der Waals surface area contributed by atoms with Gasteiger partial charge in [-0.25, -0.2) is 0 Å². The van der Waals surface area contributed by atoms with Gasteiger partial charge in [-0.15, -0.1) is 0 Å². The molecule has 0 aliphatic carbocycles. The van der Waals surface area contributed by atoms with Crippen LogP contribution in [0.4, 0.5) is 0 Å². The molecule has 0 saturated carbocycles. The molecule has 0 spiro atoms. The lowest BCUT2D eigenvalue weighted by Crippen LogP contribution is -2.06. The summed E-state index contributed by atoms with van der Waals surface area (Å²) in [5.74, 6) is 1.48. The van der Waals surface area contributed by atoms with Crippen LogP contribution in [-0.4, -0.2) is 13.0 Å². The highest BCUT2D eigenvalue weighted by Crippen LogP contribution is 2.32. The fourth-order valence-corrected chi connectivity index (χ4v) is 2.47. The SMILES string of the molecule is Clc1cccc(Cl)c1CN/N=C\c1ccc2c(c1)OCO2. The lowest BCUT2D eigenvalue weighted by atomic mass is 10.2. The van der Waals surface area contributed by atoms with Gasteiger partial charge in [0.1, 0.15) is 0 Å². The van der Waals surface area contributed by atoms with Gasteiger partial charge in [0.05, 0.1) is 12.8 Å². The van der Waals surface area contributed by atoms with Crippen molar-refractivity contribution in [3.05, 3.63) is 57.6 Å². The number of fused-ring (bicyclic) bond motifs is 1. The Labute approximate surface area is 132 Å². The molecule has 1 aliphatic rings. The summed E-state index contributed by atoms with van der Waals surface area (Å²) in [7, 11) is 0. The van der Waals surface area contributed by atoms with Gasteiger partial charge >= 0.3 is 0 Å². The number of hydrogen-bond donors (Lipinski definition) is 1. The van der Waals surface area contributed by atoms with E-state index < -0.39 is 0 Å². The average Bonchev–Trinajstić information content (AvgIpc) is 2.93. The minimum atomic E-state index is 0.263. The summed E-state index contributed by atoms with van der Waals surface area (Å²) in [5, 5.41) is 5.39. The number of nitrogens with one attached hydrogen (secondary N) is 1. The van der Waals surface area contributed by atoms with Crippen molar-refractivity contribution >= 4 is 29.4 Å². The quantitative estimate of drug-likeness (QED) is 0.686. The van der Waals surface area contributed by atoms with Crippen molar-refractivity contribution < 1.29 is 9.47 Å². The number of halogens is 2. The summed E-state index contributed by atoms with van der Waals surface area (Å²) in [6.07, 6.45) is 1.70. The fourth-order valence-electron chi connectivity index (χ4n) is 1.94. The fraction of sp³-hybridized carbons (Fsp3) is 0.133. The average molecular weight is 323 g/mol. The highest BCUT2D eigenvalue weighted by atomic mass is 35.5. The molecule has 1 aliphatic heterocycles. The van der Waals surface area contributed by atoms with Crippen LogP contribution in [0.1, 0.15) is 11.1 Å². The molecule has 2 aromatic carbocycles. The first-order valence-electron chi connectivity index (χ1n) is 6.32. The number of hydrazone groups is 1. The van der Waals surface area contributed by atoms with Crippen molar-refractivity contribution in [2.24, 2.45) is 5.10 Å². The first kappa shape index (κ1) is 14.0. The van der Waals surface area contributed by atoms with E-state index >= 15 is 0 Å². The van der Waals surface area contributed by atoms with Crippen molar-refractivity contribution in [1.82, 2.24) is 5.43 Å². The van der Waals surface area contributed by atoms with Crippen molar-refractivity contribution in [2.75, 3.05) is 6.79 Å². The molecule has 108 valence electrons. The Kier molecular flexibility index (Phi) is 4.18. The Bertz CT molecular complexity index is 669. The van der Waals surface area contributed by atoms with Gasteiger partial charge in [0.15, 0.2) is 11.5 Å². The van der Waals surface area contributed by atoms with Crippen molar-refractivity contribution in [3.8, 4) is 11.5 Å². The summed E-state index contributed by atoms with van der Waals surface area (Å²) in [4.78, 5) is 0. The monoisotopic (exact) mass is 322 g/mol. The van der Waals surface area contributed by atoms with Crippen LogP contribution in [0.5, 0.6) is 11.5 Å². The van der Waals surface area contributed by atoms with E-state index in [1.54, 1.807) is 18.3 Å². The normalized spacial score (nSPS) is 12.9. The van der Waals surface area contributed by atoms with E-state index in [1.165, 1.54) is 0 Å². The molecule has 0 unspecified atom stereocenters. The molecule has 0 radical (unpaired) electrons. The van der Waals surface area contributed by atoms with Gasteiger partial charge in [0.2, 0.25) is 6.79 Å². The van der Waals surface area contributed by atoms with Gasteiger partial charge in [0.25, 0.3) is 0 Å². The largest absolute Gasteiger partial charge is 0.454 e. The van der Waals surface area contributed by atoms with Crippen LogP contribution in [-0.2, 0) is 6.54 Å². The number of benzene rings is 2. The molecule has 1 heterocycles. The van der Waals surface area contributed by atoms with E-state index in [1.807, 2.05) is 24.3 Å². The predicted octanol–water partition coefficient (Wildman–Crippen LogP) is 3.85. The van der Waals surface area contributed by atoms with E-state index in [-0.39, 0.29) is 6.79 Å². The molecule has 0 atom stereocenters. The zero-order valence-electron chi connectivity index (χ0n) is 11.0. The Morgan fingerprint density at radius 2 is 1.86 bits per heavy atom. The summed E-state index contributed by atoms with van der Waals surface area (Å²) in [6.45, 7) is 0.721. The van der Waals surface area contributed by atoms with Crippen LogP contribution in [0.15, 0.2) is 41.5 Å². The second-order valence-corrected chi connectivity index (χ2v) is 5.22. The molecule has 0 fully saturated rings. The van der Waals surface area contributed by atoms with Gasteiger partial charge in [0, 0.05) is 15.6 Å². The minimum absolute atomic E-state index is 0.263. The highest BCUT2D eigenvalue weighted by Gasteiger charge is 2.12. The molecule has 4 nitrogen and oxygen atoms in total. The maximum Gasteiger partial charge on any atom is 0.231 e. The van der Waals surface area contributed by atoms with E-state index in [4.69, 9.17) is 32.7 Å². The van der Waals surface area contributed by atoms with Crippen LogP contribution in [0.2, 0.25) is 10.0 Å². The van der Waals surface area contributed by atoms with Crippen LogP contribution < -0.4 is 14.9 Å². The zero-order valence-corrected chi connectivity index (χ0v) is 12.5. The second-order valence-electron chi connectivity index (χ2n) is 4.41. The Hall–Kier alpha value is -1.91. The van der Waals surface area contributed by atoms with Crippen LogP contribution in [0.3, 0.4) is 0 Å². The topological polar surface area (TPSA) is 42.9 Å². The number of nitrogens with zero attached hydrogens (tertiary/aromatic N) is 1. The second kappa shape index (κ2) is 6.24. The van der Waals surface area contributed by atoms with Crippen LogP contribution in [0.25, 0.3) is 0 Å². The molecule has 3 rings (SSSR count). The van der Waals surface area contributed by atoms with E-state index in [0.29, 0.717) is 16.6 Å². The van der Waals surface area contributed by atoms with E-state index in [2.05, 4.69) is 10.5 Å². The molecule has 0 amide bonds. The van der Waals surface area contributed by atoms with Crippen molar-refractivity contribution in [2.45, 2.75) is 6.54 Å². The van der Waals surface area contributed by atoms with Gasteiger partial charge in [-0.3, -0.25) is 0 Å². The molecule has 2 aromatic rings. The number of ether oxygens (including phenoxy) is 2. The summed E-state index contributed by atoms with van der Waals surface area (Å²) in [6, 6.07) is 11.0. The molecule has 0 aromatic heterocycles. The molecule has 6 heteroatoms. The number of hydrogen-bond acceptors (Lipinski definition) is 4. The smallest absolute Gasteiger partial charge is 0.231 e. The van der Waals surface area contributed by atoms with Gasteiger partial charge in [-0.05, 0) is 35.9 Å². The lowest BCUT2D eigenvalue weighted by Gasteiger charge is -2.06. The maximum absolute atomic E-state index is 6.08. The molecular weight excluding hydrogens is 311 g/mol. The lowest BCUT2D eigenvalue weighted by molar-refractivity contribution is 0.174. The maximum atomic E-state index is 6.08. The molecule has 0 saturated heterocycles. The number of rotatable bonds is 4.